The molecule has 0 aromatic carbocycles. The lowest BCUT2D eigenvalue weighted by Gasteiger charge is -2.42. The van der Waals surface area contributed by atoms with Crippen LogP contribution >= 0.6 is 0 Å². The van der Waals surface area contributed by atoms with Crippen LogP contribution in [-0.2, 0) is 0 Å². The van der Waals surface area contributed by atoms with Gasteiger partial charge in [0.15, 0.2) is 0 Å². The topological polar surface area (TPSA) is 104 Å². The monoisotopic (exact) mass is 207 g/mol. The Kier molecular flexibility index (Phi) is 4.24. The SMILES string of the molecule is OCCN1C[C@H](O)[C@@H](O)C(O)C1CO. The van der Waals surface area contributed by atoms with Gasteiger partial charge in [-0.3, -0.25) is 4.90 Å². The van der Waals surface area contributed by atoms with Crippen LogP contribution in [0.15, 0.2) is 0 Å². The Hall–Kier alpha value is -0.240. The van der Waals surface area contributed by atoms with E-state index in [0.29, 0.717) is 0 Å². The van der Waals surface area contributed by atoms with Crippen LogP contribution in [0, 0.1) is 0 Å². The Labute approximate surface area is 82.0 Å². The Bertz CT molecular complexity index is 179. The van der Waals surface area contributed by atoms with Gasteiger partial charge in [-0.05, 0) is 0 Å². The fourth-order valence-corrected chi connectivity index (χ4v) is 1.76. The van der Waals surface area contributed by atoms with Gasteiger partial charge in [-0.1, -0.05) is 0 Å². The van der Waals surface area contributed by atoms with E-state index in [1.807, 2.05) is 0 Å². The predicted molar refractivity (Wildman–Crippen MR) is 47.6 cm³/mol. The fraction of sp³-hybridized carbons (Fsp3) is 1.00. The van der Waals surface area contributed by atoms with E-state index >= 15 is 0 Å². The van der Waals surface area contributed by atoms with E-state index in [0.717, 1.165) is 0 Å². The van der Waals surface area contributed by atoms with Crippen molar-refractivity contribution in [3.8, 4) is 0 Å². The standard InChI is InChI=1S/C8H17NO5/c10-2-1-9-3-6(12)8(14)7(13)5(9)4-11/h5-8,10-14H,1-4H2/t5?,6-,7?,8+/m0/s1. The Morgan fingerprint density at radius 3 is 2.21 bits per heavy atom. The first-order chi connectivity index (χ1) is 6.61. The zero-order chi connectivity index (χ0) is 10.7. The smallest absolute Gasteiger partial charge is 0.109 e. The quantitative estimate of drug-likeness (QED) is 0.333. The summed E-state index contributed by atoms with van der Waals surface area (Å²) in [6, 6.07) is -0.624. The maximum atomic E-state index is 9.51. The van der Waals surface area contributed by atoms with Crippen LogP contribution in [0.5, 0.6) is 0 Å². The van der Waals surface area contributed by atoms with Gasteiger partial charge in [0.2, 0.25) is 0 Å². The molecule has 0 spiro atoms. The lowest BCUT2D eigenvalue weighted by Crippen LogP contribution is -2.62. The second-order valence-corrected chi connectivity index (χ2v) is 3.52. The van der Waals surface area contributed by atoms with Crippen LogP contribution < -0.4 is 0 Å². The molecule has 84 valence electrons. The van der Waals surface area contributed by atoms with Gasteiger partial charge in [0.05, 0.1) is 25.4 Å². The molecular weight excluding hydrogens is 190 g/mol. The largest absolute Gasteiger partial charge is 0.395 e. The lowest BCUT2D eigenvalue weighted by molar-refractivity contribution is -0.146. The average molecular weight is 207 g/mol. The van der Waals surface area contributed by atoms with E-state index in [-0.39, 0.29) is 26.3 Å². The van der Waals surface area contributed by atoms with Crippen molar-refractivity contribution < 1.29 is 25.5 Å². The first kappa shape index (κ1) is 11.8. The summed E-state index contributed by atoms with van der Waals surface area (Å²) in [5, 5.41) is 45.9. The van der Waals surface area contributed by atoms with E-state index in [4.69, 9.17) is 10.2 Å². The van der Waals surface area contributed by atoms with Crippen molar-refractivity contribution >= 4 is 0 Å². The number of hydrogen-bond donors (Lipinski definition) is 5. The molecule has 0 saturated carbocycles. The molecule has 0 radical (unpaired) electrons. The minimum Gasteiger partial charge on any atom is -0.395 e. The number of aliphatic hydroxyl groups is 5. The van der Waals surface area contributed by atoms with E-state index in [9.17, 15) is 15.3 Å². The maximum absolute atomic E-state index is 9.51. The van der Waals surface area contributed by atoms with Gasteiger partial charge in [0, 0.05) is 13.1 Å². The molecule has 1 saturated heterocycles. The van der Waals surface area contributed by atoms with Crippen molar-refractivity contribution in [3.05, 3.63) is 0 Å². The second kappa shape index (κ2) is 5.01. The Balaban J connectivity index is 2.66. The first-order valence-electron chi connectivity index (χ1n) is 4.61. The van der Waals surface area contributed by atoms with Crippen LogP contribution in [0.4, 0.5) is 0 Å². The van der Waals surface area contributed by atoms with Crippen LogP contribution in [0.2, 0.25) is 0 Å². The summed E-state index contributed by atoms with van der Waals surface area (Å²) in [6.45, 7) is -0.0347. The van der Waals surface area contributed by atoms with E-state index in [2.05, 4.69) is 0 Å². The number of β-amino-alcohol motifs (C(OH)–C–C–N with tert-alkyl or cyclic N) is 2. The number of aliphatic hydroxyl groups excluding tert-OH is 5. The lowest BCUT2D eigenvalue weighted by atomic mass is 9.94. The molecule has 0 aliphatic carbocycles. The number of piperidine rings is 1. The maximum Gasteiger partial charge on any atom is 0.109 e. The second-order valence-electron chi connectivity index (χ2n) is 3.52. The Morgan fingerprint density at radius 2 is 1.71 bits per heavy atom. The molecule has 0 amide bonds. The molecule has 1 fully saturated rings. The molecule has 5 N–H and O–H groups in total. The number of hydrogen-bond acceptors (Lipinski definition) is 6. The number of nitrogens with zero attached hydrogens (tertiary/aromatic N) is 1. The van der Waals surface area contributed by atoms with Crippen molar-refractivity contribution in [1.82, 2.24) is 4.90 Å². The molecule has 6 heteroatoms. The molecule has 0 bridgehead atoms. The normalized spacial score (nSPS) is 40.1. The number of likely N-dealkylation sites (tertiary alicyclic amines) is 1. The third-order valence-corrected chi connectivity index (χ3v) is 2.60. The summed E-state index contributed by atoms with van der Waals surface area (Å²) >= 11 is 0. The van der Waals surface area contributed by atoms with Gasteiger partial charge < -0.3 is 25.5 Å². The Morgan fingerprint density at radius 1 is 1.07 bits per heavy atom. The summed E-state index contributed by atoms with van der Waals surface area (Å²) < 4.78 is 0. The average Bonchev–Trinajstić information content (AvgIpc) is 2.16. The predicted octanol–water partition coefficient (Wildman–Crippen LogP) is -3.26. The van der Waals surface area contributed by atoms with Crippen molar-refractivity contribution in [3.63, 3.8) is 0 Å². The molecule has 14 heavy (non-hydrogen) atoms. The highest BCUT2D eigenvalue weighted by Crippen LogP contribution is 2.18. The molecule has 1 aliphatic heterocycles. The molecule has 1 heterocycles. The fourth-order valence-electron chi connectivity index (χ4n) is 1.76. The van der Waals surface area contributed by atoms with Gasteiger partial charge in [-0.2, -0.15) is 0 Å². The summed E-state index contributed by atoms with van der Waals surface area (Å²) in [7, 11) is 0. The van der Waals surface area contributed by atoms with Crippen LogP contribution in [-0.4, -0.2) is 81.1 Å². The van der Waals surface area contributed by atoms with Gasteiger partial charge in [-0.25, -0.2) is 0 Å². The van der Waals surface area contributed by atoms with Gasteiger partial charge in [0.25, 0.3) is 0 Å². The summed E-state index contributed by atoms with van der Waals surface area (Å²) in [6.07, 6.45) is -3.46. The van der Waals surface area contributed by atoms with E-state index < -0.39 is 24.4 Å². The molecule has 1 aliphatic rings. The summed E-state index contributed by atoms with van der Waals surface area (Å²) in [4.78, 5) is 1.56. The summed E-state index contributed by atoms with van der Waals surface area (Å²) in [5.41, 5.74) is 0. The molecule has 4 atom stereocenters. The van der Waals surface area contributed by atoms with Crippen molar-refractivity contribution in [2.75, 3.05) is 26.3 Å². The number of rotatable bonds is 3. The minimum atomic E-state index is -1.23. The van der Waals surface area contributed by atoms with Gasteiger partial charge >= 0.3 is 0 Å². The van der Waals surface area contributed by atoms with Crippen LogP contribution in [0.3, 0.4) is 0 Å². The highest BCUT2D eigenvalue weighted by Gasteiger charge is 2.40. The minimum absolute atomic E-state index is 0.119. The summed E-state index contributed by atoms with van der Waals surface area (Å²) in [5.74, 6) is 0. The van der Waals surface area contributed by atoms with Crippen LogP contribution in [0.1, 0.15) is 0 Å². The third-order valence-electron chi connectivity index (χ3n) is 2.60. The third kappa shape index (κ3) is 2.22. The van der Waals surface area contributed by atoms with Gasteiger partial charge in [-0.15, -0.1) is 0 Å². The van der Waals surface area contributed by atoms with Crippen molar-refractivity contribution in [1.29, 1.82) is 0 Å². The molecule has 2 unspecified atom stereocenters. The van der Waals surface area contributed by atoms with Crippen LogP contribution in [0.25, 0.3) is 0 Å². The van der Waals surface area contributed by atoms with E-state index in [1.165, 1.54) is 0 Å². The molecular formula is C8H17NO5. The highest BCUT2D eigenvalue weighted by atomic mass is 16.4. The zero-order valence-electron chi connectivity index (χ0n) is 7.82. The van der Waals surface area contributed by atoms with Crippen molar-refractivity contribution in [2.45, 2.75) is 24.4 Å². The van der Waals surface area contributed by atoms with Crippen molar-refractivity contribution in [2.24, 2.45) is 0 Å². The highest BCUT2D eigenvalue weighted by molar-refractivity contribution is 4.93. The first-order valence-corrected chi connectivity index (χ1v) is 4.61. The molecule has 0 aromatic heterocycles. The molecule has 6 nitrogen and oxygen atoms in total. The molecule has 0 aromatic rings. The van der Waals surface area contributed by atoms with Gasteiger partial charge in [0.1, 0.15) is 12.2 Å². The van der Waals surface area contributed by atoms with E-state index in [1.54, 1.807) is 4.90 Å². The molecule has 1 rings (SSSR count). The zero-order valence-corrected chi connectivity index (χ0v) is 7.82.